The van der Waals surface area contributed by atoms with Crippen LogP contribution in [0.5, 0.6) is 0 Å². The van der Waals surface area contributed by atoms with E-state index in [-0.39, 0.29) is 12.1 Å². The van der Waals surface area contributed by atoms with Gasteiger partial charge < -0.3 is 10.4 Å². The minimum absolute atomic E-state index is 0.0126. The lowest BCUT2D eigenvalue weighted by Gasteiger charge is -2.40. The highest BCUT2D eigenvalue weighted by atomic mass is 16.3. The van der Waals surface area contributed by atoms with E-state index in [0.717, 1.165) is 25.8 Å². The number of nitrogens with one attached hydrogen (secondary N) is 1. The fourth-order valence-electron chi connectivity index (χ4n) is 3.01. The number of hydrogen-bond acceptors (Lipinski definition) is 2. The van der Waals surface area contributed by atoms with Crippen molar-refractivity contribution in [3.8, 4) is 0 Å². The van der Waals surface area contributed by atoms with Crippen molar-refractivity contribution in [1.82, 2.24) is 5.32 Å². The van der Waals surface area contributed by atoms with Crippen molar-refractivity contribution < 1.29 is 5.11 Å². The van der Waals surface area contributed by atoms with Gasteiger partial charge in [-0.2, -0.15) is 0 Å². The fourth-order valence-corrected chi connectivity index (χ4v) is 3.01. The quantitative estimate of drug-likeness (QED) is 0.838. The van der Waals surface area contributed by atoms with Crippen molar-refractivity contribution in [2.45, 2.75) is 50.5 Å². The molecular formula is C16H25NO. The third-order valence-corrected chi connectivity index (χ3v) is 4.27. The Balaban J connectivity index is 1.94. The Labute approximate surface area is 110 Å². The second-order valence-corrected chi connectivity index (χ2v) is 5.55. The van der Waals surface area contributed by atoms with Gasteiger partial charge in [-0.3, -0.25) is 0 Å². The minimum Gasteiger partial charge on any atom is -0.394 e. The lowest BCUT2D eigenvalue weighted by atomic mass is 9.74. The molecule has 2 nitrogen and oxygen atoms in total. The molecule has 0 heterocycles. The van der Waals surface area contributed by atoms with E-state index in [2.05, 4.69) is 42.6 Å². The number of aliphatic hydroxyl groups is 1. The van der Waals surface area contributed by atoms with Crippen LogP contribution in [-0.4, -0.2) is 23.8 Å². The van der Waals surface area contributed by atoms with Crippen LogP contribution in [0.4, 0.5) is 0 Å². The van der Waals surface area contributed by atoms with Crippen molar-refractivity contribution in [2.75, 3.05) is 13.2 Å². The van der Waals surface area contributed by atoms with Crippen molar-refractivity contribution >= 4 is 0 Å². The first-order chi connectivity index (χ1) is 8.79. The van der Waals surface area contributed by atoms with Crippen LogP contribution in [0, 0.1) is 0 Å². The molecule has 0 atom stereocenters. The Morgan fingerprint density at radius 1 is 1.22 bits per heavy atom. The van der Waals surface area contributed by atoms with E-state index in [1.165, 1.54) is 18.4 Å². The maximum absolute atomic E-state index is 9.66. The molecule has 100 valence electrons. The summed E-state index contributed by atoms with van der Waals surface area (Å²) < 4.78 is 0. The van der Waals surface area contributed by atoms with Gasteiger partial charge in [0.2, 0.25) is 0 Å². The van der Waals surface area contributed by atoms with Crippen LogP contribution >= 0.6 is 0 Å². The Kier molecular flexibility index (Phi) is 4.79. The Morgan fingerprint density at radius 2 is 1.89 bits per heavy atom. The molecule has 1 saturated carbocycles. The zero-order chi connectivity index (χ0) is 12.8. The average Bonchev–Trinajstić information content (AvgIpc) is 2.47. The fraction of sp³-hybridized carbons (Fsp3) is 0.625. The molecule has 1 aliphatic carbocycles. The van der Waals surface area contributed by atoms with Crippen LogP contribution in [0.1, 0.15) is 50.5 Å². The number of rotatable bonds is 5. The van der Waals surface area contributed by atoms with E-state index < -0.39 is 0 Å². The predicted octanol–water partition coefficient (Wildman–Crippen LogP) is 3.07. The molecular weight excluding hydrogens is 222 g/mol. The summed E-state index contributed by atoms with van der Waals surface area (Å²) in [6.07, 6.45) is 5.67. The number of hydrogen-bond donors (Lipinski definition) is 2. The molecule has 2 N–H and O–H groups in total. The zero-order valence-electron chi connectivity index (χ0n) is 11.4. The summed E-state index contributed by atoms with van der Waals surface area (Å²) >= 11 is 0. The van der Waals surface area contributed by atoms with Gasteiger partial charge in [0.1, 0.15) is 0 Å². The highest BCUT2D eigenvalue weighted by Crippen LogP contribution is 2.37. The molecule has 2 heteroatoms. The molecule has 0 aromatic heterocycles. The smallest absolute Gasteiger partial charge is 0.0613 e. The SMILES string of the molecule is CCCNC1(CO)CCC(c2ccccc2)CC1. The van der Waals surface area contributed by atoms with Crippen LogP contribution in [0.3, 0.4) is 0 Å². The zero-order valence-corrected chi connectivity index (χ0v) is 11.4. The van der Waals surface area contributed by atoms with Crippen LogP contribution in [0.2, 0.25) is 0 Å². The summed E-state index contributed by atoms with van der Waals surface area (Å²) in [6.45, 7) is 3.46. The molecule has 0 aliphatic heterocycles. The molecule has 0 saturated heterocycles. The van der Waals surface area contributed by atoms with Crippen LogP contribution < -0.4 is 5.32 Å². The third kappa shape index (κ3) is 3.12. The molecule has 0 unspecified atom stereocenters. The van der Waals surface area contributed by atoms with Gasteiger partial charge in [-0.25, -0.2) is 0 Å². The molecule has 2 rings (SSSR count). The summed E-state index contributed by atoms with van der Waals surface area (Å²) in [7, 11) is 0. The summed E-state index contributed by atoms with van der Waals surface area (Å²) in [5, 5.41) is 13.2. The first-order valence-electron chi connectivity index (χ1n) is 7.20. The Hall–Kier alpha value is -0.860. The van der Waals surface area contributed by atoms with Gasteiger partial charge in [-0.1, -0.05) is 37.3 Å². The highest BCUT2D eigenvalue weighted by Gasteiger charge is 2.34. The van der Waals surface area contributed by atoms with Gasteiger partial charge in [-0.15, -0.1) is 0 Å². The van der Waals surface area contributed by atoms with Crippen molar-refractivity contribution in [2.24, 2.45) is 0 Å². The van der Waals surface area contributed by atoms with Gasteiger partial charge in [0.15, 0.2) is 0 Å². The summed E-state index contributed by atoms with van der Waals surface area (Å²) in [6, 6.07) is 10.8. The van der Waals surface area contributed by atoms with E-state index in [9.17, 15) is 5.11 Å². The molecule has 18 heavy (non-hydrogen) atoms. The van der Waals surface area contributed by atoms with E-state index in [1.54, 1.807) is 0 Å². The lowest BCUT2D eigenvalue weighted by Crippen LogP contribution is -2.50. The van der Waals surface area contributed by atoms with E-state index in [1.807, 2.05) is 0 Å². The molecule has 0 spiro atoms. The monoisotopic (exact) mass is 247 g/mol. The summed E-state index contributed by atoms with van der Waals surface area (Å²) in [4.78, 5) is 0. The van der Waals surface area contributed by atoms with Gasteiger partial charge in [0.05, 0.1) is 6.61 Å². The van der Waals surface area contributed by atoms with Gasteiger partial charge in [-0.05, 0) is 50.1 Å². The molecule has 0 amide bonds. The van der Waals surface area contributed by atoms with Gasteiger partial charge >= 0.3 is 0 Å². The molecule has 0 radical (unpaired) electrons. The van der Waals surface area contributed by atoms with Crippen LogP contribution in [0.15, 0.2) is 30.3 Å². The van der Waals surface area contributed by atoms with Crippen molar-refractivity contribution in [3.05, 3.63) is 35.9 Å². The largest absolute Gasteiger partial charge is 0.394 e. The second-order valence-electron chi connectivity index (χ2n) is 5.55. The molecule has 0 bridgehead atoms. The first kappa shape index (κ1) is 13.6. The Bertz CT molecular complexity index is 341. The van der Waals surface area contributed by atoms with Crippen LogP contribution in [0.25, 0.3) is 0 Å². The molecule has 1 fully saturated rings. The second kappa shape index (κ2) is 6.35. The van der Waals surface area contributed by atoms with Crippen molar-refractivity contribution in [3.63, 3.8) is 0 Å². The standard InChI is InChI=1S/C16H25NO/c1-2-12-17-16(13-18)10-8-15(9-11-16)14-6-4-3-5-7-14/h3-7,15,17-18H,2,8-13H2,1H3. The van der Waals surface area contributed by atoms with E-state index in [0.29, 0.717) is 5.92 Å². The predicted molar refractivity (Wildman–Crippen MR) is 75.8 cm³/mol. The number of benzene rings is 1. The normalized spacial score (nSPS) is 28.2. The number of aliphatic hydroxyl groups excluding tert-OH is 1. The molecule has 1 aromatic carbocycles. The first-order valence-corrected chi connectivity index (χ1v) is 7.20. The molecule has 1 aromatic rings. The minimum atomic E-state index is -0.0126. The maximum Gasteiger partial charge on any atom is 0.0613 e. The molecule has 1 aliphatic rings. The average molecular weight is 247 g/mol. The summed E-state index contributed by atoms with van der Waals surface area (Å²) in [5.41, 5.74) is 1.45. The maximum atomic E-state index is 9.66. The topological polar surface area (TPSA) is 32.3 Å². The summed E-state index contributed by atoms with van der Waals surface area (Å²) in [5.74, 6) is 0.675. The van der Waals surface area contributed by atoms with Gasteiger partial charge in [0.25, 0.3) is 0 Å². The van der Waals surface area contributed by atoms with E-state index >= 15 is 0 Å². The van der Waals surface area contributed by atoms with E-state index in [4.69, 9.17) is 0 Å². The van der Waals surface area contributed by atoms with Crippen LogP contribution in [-0.2, 0) is 0 Å². The van der Waals surface area contributed by atoms with Crippen molar-refractivity contribution in [1.29, 1.82) is 0 Å². The van der Waals surface area contributed by atoms with Gasteiger partial charge in [0, 0.05) is 5.54 Å². The Morgan fingerprint density at radius 3 is 2.44 bits per heavy atom. The highest BCUT2D eigenvalue weighted by molar-refractivity contribution is 5.20. The lowest BCUT2D eigenvalue weighted by molar-refractivity contribution is 0.115. The third-order valence-electron chi connectivity index (χ3n) is 4.27.